The van der Waals surface area contributed by atoms with Gasteiger partial charge in [0.15, 0.2) is 0 Å². The van der Waals surface area contributed by atoms with Gasteiger partial charge in [-0.05, 0) is 48.3 Å². The summed E-state index contributed by atoms with van der Waals surface area (Å²) >= 11 is 0. The Morgan fingerprint density at radius 3 is 2.06 bits per heavy atom. The molecule has 0 aliphatic heterocycles. The lowest BCUT2D eigenvalue weighted by atomic mass is 9.79. The van der Waals surface area contributed by atoms with Crippen molar-refractivity contribution in [2.45, 2.75) is 73.6 Å². The van der Waals surface area contributed by atoms with Crippen LogP contribution in [-0.4, -0.2) is 0 Å². The van der Waals surface area contributed by atoms with Gasteiger partial charge in [0, 0.05) is 0 Å². The molecule has 0 nitrogen and oxygen atoms in total. The predicted octanol–water partition coefficient (Wildman–Crippen LogP) is 5.52. The van der Waals surface area contributed by atoms with E-state index in [1.165, 1.54) is 32.1 Å². The van der Waals surface area contributed by atoms with E-state index in [4.69, 9.17) is 0 Å². The summed E-state index contributed by atoms with van der Waals surface area (Å²) in [5.74, 6) is 3.91. The topological polar surface area (TPSA) is 0 Å². The van der Waals surface area contributed by atoms with E-state index in [2.05, 4.69) is 41.5 Å². The van der Waals surface area contributed by atoms with Gasteiger partial charge in [-0.2, -0.15) is 0 Å². The molecule has 0 heterocycles. The highest BCUT2D eigenvalue weighted by Crippen LogP contribution is 2.51. The maximum Gasteiger partial charge on any atom is -0.0328 e. The molecule has 3 unspecified atom stereocenters. The zero-order valence-corrected chi connectivity index (χ0v) is 12.3. The predicted molar refractivity (Wildman–Crippen MR) is 73.5 cm³/mol. The van der Waals surface area contributed by atoms with Gasteiger partial charge in [-0.15, -0.1) is 0 Å². The first-order valence-corrected chi connectivity index (χ1v) is 7.41. The molecule has 0 radical (unpaired) electrons. The van der Waals surface area contributed by atoms with Gasteiger partial charge in [-0.3, -0.25) is 0 Å². The Hall–Kier alpha value is 0. The third kappa shape index (κ3) is 3.79. The molecule has 3 atom stereocenters. The molecule has 1 saturated carbocycles. The van der Waals surface area contributed by atoms with Crippen molar-refractivity contribution in [3.05, 3.63) is 0 Å². The molecule has 0 aromatic carbocycles. The minimum absolute atomic E-state index is 0.625. The maximum absolute atomic E-state index is 2.48. The van der Waals surface area contributed by atoms with Crippen LogP contribution in [0.1, 0.15) is 73.6 Å². The molecule has 0 amide bonds. The van der Waals surface area contributed by atoms with Gasteiger partial charge >= 0.3 is 0 Å². The number of hydrogen-bond acceptors (Lipinski definition) is 0. The molecule has 0 aromatic rings. The van der Waals surface area contributed by atoms with E-state index in [1.54, 1.807) is 0 Å². The summed E-state index contributed by atoms with van der Waals surface area (Å²) in [4.78, 5) is 0. The molecule has 1 rings (SSSR count). The summed E-state index contributed by atoms with van der Waals surface area (Å²) in [6.45, 7) is 14.4. The van der Waals surface area contributed by atoms with E-state index in [0.717, 1.165) is 23.7 Å². The van der Waals surface area contributed by atoms with E-state index in [0.29, 0.717) is 5.41 Å². The molecule has 1 aliphatic rings. The number of hydrogen-bond donors (Lipinski definition) is 0. The van der Waals surface area contributed by atoms with Crippen molar-refractivity contribution in [1.82, 2.24) is 0 Å². The van der Waals surface area contributed by atoms with Crippen molar-refractivity contribution in [2.75, 3.05) is 0 Å². The minimum Gasteiger partial charge on any atom is -0.0649 e. The van der Waals surface area contributed by atoms with Gasteiger partial charge in [-0.1, -0.05) is 54.4 Å². The second-order valence-corrected chi connectivity index (χ2v) is 6.93. The first-order chi connectivity index (χ1) is 7.41. The SMILES string of the molecule is CCC(C)(CC)CC1CC1CC(C)C(C)C. The van der Waals surface area contributed by atoms with Crippen LogP contribution in [0.3, 0.4) is 0 Å². The van der Waals surface area contributed by atoms with Crippen molar-refractivity contribution in [3.63, 3.8) is 0 Å². The second-order valence-electron chi connectivity index (χ2n) is 6.93. The zero-order chi connectivity index (χ0) is 12.3. The normalized spacial score (nSPS) is 27.2. The largest absolute Gasteiger partial charge is 0.0649 e. The quantitative estimate of drug-likeness (QED) is 0.534. The van der Waals surface area contributed by atoms with E-state index in [-0.39, 0.29) is 0 Å². The third-order valence-corrected chi connectivity index (χ3v) is 5.34. The Bertz CT molecular complexity index is 200. The van der Waals surface area contributed by atoms with Crippen LogP contribution in [0.15, 0.2) is 0 Å². The lowest BCUT2D eigenvalue weighted by molar-refractivity contribution is 0.246. The summed E-state index contributed by atoms with van der Waals surface area (Å²) in [7, 11) is 0. The fraction of sp³-hybridized carbons (Fsp3) is 1.00. The van der Waals surface area contributed by atoms with E-state index in [1.807, 2.05) is 0 Å². The van der Waals surface area contributed by atoms with Gasteiger partial charge in [-0.25, -0.2) is 0 Å². The average molecular weight is 224 g/mol. The van der Waals surface area contributed by atoms with Crippen LogP contribution >= 0.6 is 0 Å². The van der Waals surface area contributed by atoms with Crippen molar-refractivity contribution in [2.24, 2.45) is 29.1 Å². The Morgan fingerprint density at radius 1 is 1.06 bits per heavy atom. The van der Waals surface area contributed by atoms with Crippen molar-refractivity contribution < 1.29 is 0 Å². The van der Waals surface area contributed by atoms with Crippen LogP contribution in [0.25, 0.3) is 0 Å². The first kappa shape index (κ1) is 14.1. The standard InChI is InChI=1S/C16H32/c1-7-16(6,8-2)11-15-10-14(15)9-13(5)12(3)4/h12-15H,7-11H2,1-6H3. The Labute approximate surface area is 103 Å². The van der Waals surface area contributed by atoms with Gasteiger partial charge < -0.3 is 0 Å². The molecule has 1 fully saturated rings. The van der Waals surface area contributed by atoms with Crippen molar-refractivity contribution in [1.29, 1.82) is 0 Å². The molecular weight excluding hydrogens is 192 g/mol. The highest BCUT2D eigenvalue weighted by molar-refractivity contribution is 4.91. The van der Waals surface area contributed by atoms with Crippen LogP contribution in [0.5, 0.6) is 0 Å². The van der Waals surface area contributed by atoms with Crippen LogP contribution in [0, 0.1) is 29.1 Å². The highest BCUT2D eigenvalue weighted by Gasteiger charge is 2.41. The van der Waals surface area contributed by atoms with Crippen LogP contribution < -0.4 is 0 Å². The Morgan fingerprint density at radius 2 is 1.62 bits per heavy atom. The summed E-state index contributed by atoms with van der Waals surface area (Å²) in [5.41, 5.74) is 0.625. The summed E-state index contributed by atoms with van der Waals surface area (Å²) in [5, 5.41) is 0. The molecule has 16 heavy (non-hydrogen) atoms. The summed E-state index contributed by atoms with van der Waals surface area (Å²) < 4.78 is 0. The molecule has 0 aromatic heterocycles. The van der Waals surface area contributed by atoms with Gasteiger partial charge in [0.2, 0.25) is 0 Å². The molecule has 0 bridgehead atoms. The van der Waals surface area contributed by atoms with E-state index < -0.39 is 0 Å². The van der Waals surface area contributed by atoms with Crippen LogP contribution in [0.2, 0.25) is 0 Å². The fourth-order valence-electron chi connectivity index (χ4n) is 2.77. The molecular formula is C16H32. The average Bonchev–Trinajstić information content (AvgIpc) is 2.95. The van der Waals surface area contributed by atoms with Gasteiger partial charge in [0.1, 0.15) is 0 Å². The van der Waals surface area contributed by atoms with Crippen molar-refractivity contribution in [3.8, 4) is 0 Å². The lowest BCUT2D eigenvalue weighted by Crippen LogP contribution is -2.15. The number of rotatable bonds is 7. The van der Waals surface area contributed by atoms with Crippen LogP contribution in [0.4, 0.5) is 0 Å². The van der Waals surface area contributed by atoms with Crippen molar-refractivity contribution >= 4 is 0 Å². The summed E-state index contributed by atoms with van der Waals surface area (Å²) in [6, 6.07) is 0. The monoisotopic (exact) mass is 224 g/mol. The molecule has 96 valence electrons. The molecule has 0 spiro atoms. The van der Waals surface area contributed by atoms with Gasteiger partial charge in [0.25, 0.3) is 0 Å². The second kappa shape index (κ2) is 5.56. The Kier molecular flexibility index (Phi) is 4.88. The van der Waals surface area contributed by atoms with E-state index >= 15 is 0 Å². The zero-order valence-electron chi connectivity index (χ0n) is 12.3. The molecule has 1 aliphatic carbocycles. The van der Waals surface area contributed by atoms with Gasteiger partial charge in [0.05, 0.1) is 0 Å². The highest BCUT2D eigenvalue weighted by atomic mass is 14.5. The molecule has 0 saturated heterocycles. The minimum atomic E-state index is 0.625. The summed E-state index contributed by atoms with van der Waals surface area (Å²) in [6.07, 6.45) is 7.19. The third-order valence-electron chi connectivity index (χ3n) is 5.34. The maximum atomic E-state index is 2.48. The smallest absolute Gasteiger partial charge is 0.0328 e. The first-order valence-electron chi connectivity index (χ1n) is 7.41. The van der Waals surface area contributed by atoms with Crippen LogP contribution in [-0.2, 0) is 0 Å². The Balaban J connectivity index is 2.29. The molecule has 0 heteroatoms. The van der Waals surface area contributed by atoms with E-state index in [9.17, 15) is 0 Å². The lowest BCUT2D eigenvalue weighted by Gasteiger charge is -2.27. The fourth-order valence-corrected chi connectivity index (χ4v) is 2.77. The molecule has 0 N–H and O–H groups in total.